The van der Waals surface area contributed by atoms with Gasteiger partial charge in [-0.15, -0.1) is 0 Å². The van der Waals surface area contributed by atoms with E-state index in [0.29, 0.717) is 11.1 Å². The van der Waals surface area contributed by atoms with Crippen LogP contribution in [-0.2, 0) is 16.1 Å². The Balaban J connectivity index is 0.00000450. The van der Waals surface area contributed by atoms with Gasteiger partial charge in [-0.3, -0.25) is 15.0 Å². The number of rotatable bonds is 8. The van der Waals surface area contributed by atoms with Gasteiger partial charge in [-0.05, 0) is 29.2 Å². The van der Waals surface area contributed by atoms with Crippen LogP contribution in [0.2, 0.25) is 0 Å². The SMILES string of the molecule is CC(C)[C@@H](N)C(=O)NC(C(=O)NCc1ccc(C(=N)N)cc1)c1ccc(O)cc1.[HH]. The van der Waals surface area contributed by atoms with Crippen LogP contribution >= 0.6 is 0 Å². The van der Waals surface area contributed by atoms with Gasteiger partial charge >= 0.3 is 0 Å². The maximum atomic E-state index is 12.8. The molecule has 0 saturated heterocycles. The molecule has 29 heavy (non-hydrogen) atoms. The quantitative estimate of drug-likeness (QED) is 0.292. The van der Waals surface area contributed by atoms with Gasteiger partial charge in [0.1, 0.15) is 17.6 Å². The first-order valence-corrected chi connectivity index (χ1v) is 9.25. The summed E-state index contributed by atoms with van der Waals surface area (Å²) in [6.45, 7) is 3.88. The fourth-order valence-corrected chi connectivity index (χ4v) is 2.60. The Morgan fingerprint density at radius 1 is 1.07 bits per heavy atom. The third kappa shape index (κ3) is 6.05. The van der Waals surface area contributed by atoms with Crippen molar-refractivity contribution in [1.82, 2.24) is 10.6 Å². The molecule has 2 rings (SSSR count). The summed E-state index contributed by atoms with van der Waals surface area (Å²) in [5, 5.41) is 22.4. The van der Waals surface area contributed by atoms with Crippen molar-refractivity contribution in [3.05, 3.63) is 65.2 Å². The fourth-order valence-electron chi connectivity index (χ4n) is 2.60. The van der Waals surface area contributed by atoms with Crippen LogP contribution in [0.25, 0.3) is 0 Å². The lowest BCUT2D eigenvalue weighted by molar-refractivity contribution is -0.130. The molecular weight excluding hydrogens is 370 g/mol. The molecule has 8 heteroatoms. The lowest BCUT2D eigenvalue weighted by Crippen LogP contribution is -2.48. The first-order chi connectivity index (χ1) is 13.7. The summed E-state index contributed by atoms with van der Waals surface area (Å²) in [6, 6.07) is 11.3. The molecule has 0 aromatic heterocycles. The molecule has 0 radical (unpaired) electrons. The van der Waals surface area contributed by atoms with Crippen molar-refractivity contribution in [1.29, 1.82) is 5.41 Å². The molecule has 2 aromatic carbocycles. The monoisotopic (exact) mass is 399 g/mol. The number of hydrogen-bond donors (Lipinski definition) is 6. The predicted octanol–water partition coefficient (Wildman–Crippen LogP) is 1.38. The molecule has 0 aliphatic rings. The van der Waals surface area contributed by atoms with Gasteiger partial charge in [0.25, 0.3) is 0 Å². The average Bonchev–Trinajstić information content (AvgIpc) is 2.70. The molecule has 0 spiro atoms. The maximum Gasteiger partial charge on any atom is 0.247 e. The van der Waals surface area contributed by atoms with Crippen molar-refractivity contribution in [2.24, 2.45) is 17.4 Å². The molecule has 0 fully saturated rings. The zero-order valence-electron chi connectivity index (χ0n) is 16.5. The molecule has 0 saturated carbocycles. The van der Waals surface area contributed by atoms with Crippen LogP contribution in [-0.4, -0.2) is 28.8 Å². The predicted molar refractivity (Wildman–Crippen MR) is 113 cm³/mol. The second-order valence-electron chi connectivity index (χ2n) is 7.13. The number of nitrogens with one attached hydrogen (secondary N) is 3. The molecule has 2 atom stereocenters. The number of phenols is 1. The van der Waals surface area contributed by atoms with Crippen molar-refractivity contribution in [3.63, 3.8) is 0 Å². The minimum atomic E-state index is -0.954. The summed E-state index contributed by atoms with van der Waals surface area (Å²) in [4.78, 5) is 25.2. The second kappa shape index (κ2) is 9.70. The number of carbonyl (C=O) groups excluding carboxylic acids is 2. The molecule has 2 aromatic rings. The van der Waals surface area contributed by atoms with Gasteiger partial charge in [0.05, 0.1) is 6.04 Å². The van der Waals surface area contributed by atoms with E-state index < -0.39 is 23.9 Å². The minimum Gasteiger partial charge on any atom is -0.508 e. The highest BCUT2D eigenvalue weighted by Gasteiger charge is 2.26. The van der Waals surface area contributed by atoms with Crippen LogP contribution < -0.4 is 22.1 Å². The summed E-state index contributed by atoms with van der Waals surface area (Å²) in [5.74, 6) is -0.895. The van der Waals surface area contributed by atoms with Gasteiger partial charge in [-0.1, -0.05) is 50.2 Å². The van der Waals surface area contributed by atoms with Crippen molar-refractivity contribution in [2.75, 3.05) is 0 Å². The van der Waals surface area contributed by atoms with Crippen molar-refractivity contribution >= 4 is 17.6 Å². The molecular formula is C21H29N5O3. The average molecular weight is 399 g/mol. The smallest absolute Gasteiger partial charge is 0.247 e. The van der Waals surface area contributed by atoms with Gasteiger partial charge < -0.3 is 27.2 Å². The molecule has 1 unspecified atom stereocenters. The Hall–Kier alpha value is -3.39. The lowest BCUT2D eigenvalue weighted by Gasteiger charge is -2.22. The van der Waals surface area contributed by atoms with Crippen LogP contribution in [0.4, 0.5) is 0 Å². The fraction of sp³-hybridized carbons (Fsp3) is 0.286. The standard InChI is InChI=1S/C21H27N5O3.H2/c1-12(2)17(22)20(28)26-18(14-7-9-16(27)10-8-14)21(29)25-11-13-3-5-15(6-4-13)19(23)24;/h3-10,12,17-18,27H,11,22H2,1-2H3,(H3,23,24)(H,25,29)(H,26,28);1H/t17-,18?;/m1./s1. The van der Waals surface area contributed by atoms with Crippen molar-refractivity contribution < 1.29 is 16.1 Å². The van der Waals surface area contributed by atoms with Crippen LogP contribution in [0.1, 0.15) is 38.0 Å². The Morgan fingerprint density at radius 2 is 1.66 bits per heavy atom. The molecule has 0 bridgehead atoms. The highest BCUT2D eigenvalue weighted by molar-refractivity contribution is 5.95. The number of carbonyl (C=O) groups is 2. The number of hydrogen-bond acceptors (Lipinski definition) is 5. The van der Waals surface area contributed by atoms with E-state index >= 15 is 0 Å². The number of amides is 2. The molecule has 0 aliphatic heterocycles. The normalized spacial score (nSPS) is 12.8. The van der Waals surface area contributed by atoms with Crippen LogP contribution in [0, 0.1) is 11.3 Å². The Kier molecular flexibility index (Phi) is 7.33. The van der Waals surface area contributed by atoms with Gasteiger partial charge in [0, 0.05) is 13.5 Å². The molecule has 0 heterocycles. The zero-order valence-corrected chi connectivity index (χ0v) is 16.5. The van der Waals surface area contributed by atoms with Gasteiger partial charge in [-0.25, -0.2) is 0 Å². The number of benzene rings is 2. The summed E-state index contributed by atoms with van der Waals surface area (Å²) >= 11 is 0. The van der Waals surface area contributed by atoms with E-state index in [9.17, 15) is 14.7 Å². The number of aromatic hydroxyl groups is 1. The third-order valence-corrected chi connectivity index (χ3v) is 4.53. The largest absolute Gasteiger partial charge is 0.508 e. The van der Waals surface area contributed by atoms with Gasteiger partial charge in [0.15, 0.2) is 0 Å². The molecule has 8 nitrogen and oxygen atoms in total. The second-order valence-corrected chi connectivity index (χ2v) is 7.13. The number of phenolic OH excluding ortho intramolecular Hbond substituents is 1. The third-order valence-electron chi connectivity index (χ3n) is 4.53. The molecule has 2 amide bonds. The number of amidine groups is 1. The molecule has 0 aliphatic carbocycles. The van der Waals surface area contributed by atoms with E-state index in [-0.39, 0.29) is 25.5 Å². The maximum absolute atomic E-state index is 12.8. The van der Waals surface area contributed by atoms with E-state index in [0.717, 1.165) is 5.56 Å². The zero-order chi connectivity index (χ0) is 21.6. The Labute approximate surface area is 171 Å². The molecule has 8 N–H and O–H groups in total. The van der Waals surface area contributed by atoms with Crippen molar-refractivity contribution in [2.45, 2.75) is 32.5 Å². The van der Waals surface area contributed by atoms with Crippen LogP contribution in [0.5, 0.6) is 5.75 Å². The molecule has 156 valence electrons. The summed E-state index contributed by atoms with van der Waals surface area (Å²) < 4.78 is 0. The highest BCUT2D eigenvalue weighted by atomic mass is 16.3. The van der Waals surface area contributed by atoms with Gasteiger partial charge in [0.2, 0.25) is 11.8 Å². The highest BCUT2D eigenvalue weighted by Crippen LogP contribution is 2.18. The Morgan fingerprint density at radius 3 is 2.17 bits per heavy atom. The number of nitrogens with two attached hydrogens (primary N) is 2. The van der Waals surface area contributed by atoms with E-state index in [4.69, 9.17) is 16.9 Å². The topological polar surface area (TPSA) is 154 Å². The first-order valence-electron chi connectivity index (χ1n) is 9.25. The van der Waals surface area contributed by atoms with Crippen molar-refractivity contribution in [3.8, 4) is 5.75 Å². The van der Waals surface area contributed by atoms with E-state index in [1.807, 2.05) is 13.8 Å². The van der Waals surface area contributed by atoms with Crippen LogP contribution in [0.15, 0.2) is 48.5 Å². The Bertz CT molecular complexity index is 869. The van der Waals surface area contributed by atoms with E-state index in [2.05, 4.69) is 10.6 Å². The summed E-state index contributed by atoms with van der Waals surface area (Å²) in [5.41, 5.74) is 13.3. The first kappa shape index (κ1) is 21.9. The summed E-state index contributed by atoms with van der Waals surface area (Å²) in [7, 11) is 0. The lowest BCUT2D eigenvalue weighted by atomic mass is 10.0. The van der Waals surface area contributed by atoms with E-state index in [1.54, 1.807) is 36.4 Å². The summed E-state index contributed by atoms with van der Waals surface area (Å²) in [6.07, 6.45) is 0. The van der Waals surface area contributed by atoms with Crippen LogP contribution in [0.3, 0.4) is 0 Å². The number of nitrogen functional groups attached to an aromatic ring is 1. The van der Waals surface area contributed by atoms with E-state index in [1.165, 1.54) is 12.1 Å². The van der Waals surface area contributed by atoms with Gasteiger partial charge in [-0.2, -0.15) is 0 Å². The minimum absolute atomic E-state index is 0.